The molecule has 1 aromatic heterocycles. The van der Waals surface area contributed by atoms with Gasteiger partial charge in [-0.15, -0.1) is 11.3 Å². The van der Waals surface area contributed by atoms with Gasteiger partial charge in [-0.3, -0.25) is 0 Å². The molecule has 3 N–H and O–H groups in total. The molecule has 1 unspecified atom stereocenters. The highest BCUT2D eigenvalue weighted by molar-refractivity contribution is 7.16. The molecule has 1 aromatic rings. The van der Waals surface area contributed by atoms with Gasteiger partial charge in [0.05, 0.1) is 4.34 Å². The fourth-order valence-corrected chi connectivity index (χ4v) is 2.62. The largest absolute Gasteiger partial charge is 0.396 e. The monoisotopic (exact) mass is 290 g/mol. The van der Waals surface area contributed by atoms with Crippen LogP contribution in [0.25, 0.3) is 0 Å². The van der Waals surface area contributed by atoms with E-state index in [9.17, 15) is 4.79 Å². The van der Waals surface area contributed by atoms with Gasteiger partial charge in [-0.25, -0.2) is 4.79 Å². The summed E-state index contributed by atoms with van der Waals surface area (Å²) in [7, 11) is 0. The Morgan fingerprint density at radius 1 is 1.56 bits per heavy atom. The Hall–Kier alpha value is -0.780. The maximum Gasteiger partial charge on any atom is 0.315 e. The molecule has 102 valence electrons. The minimum Gasteiger partial charge on any atom is -0.396 e. The summed E-state index contributed by atoms with van der Waals surface area (Å²) in [6.07, 6.45) is 2.27. The van der Waals surface area contributed by atoms with E-state index in [2.05, 4.69) is 10.6 Å². The number of carbonyl (C=O) groups is 1. The predicted molar refractivity (Wildman–Crippen MR) is 75.3 cm³/mol. The predicted octanol–water partition coefficient (Wildman–Crippen LogP) is 2.40. The third-order valence-electron chi connectivity index (χ3n) is 2.46. The lowest BCUT2D eigenvalue weighted by molar-refractivity contribution is 0.234. The average molecular weight is 291 g/mol. The maximum atomic E-state index is 11.5. The molecule has 0 bridgehead atoms. The summed E-state index contributed by atoms with van der Waals surface area (Å²) in [5.41, 5.74) is 0. The molecule has 1 atom stereocenters. The van der Waals surface area contributed by atoms with Crippen LogP contribution in [0.4, 0.5) is 4.79 Å². The first-order valence-electron chi connectivity index (χ1n) is 6.01. The lowest BCUT2D eigenvalue weighted by Crippen LogP contribution is -2.41. The van der Waals surface area contributed by atoms with Crippen molar-refractivity contribution in [1.82, 2.24) is 10.6 Å². The van der Waals surface area contributed by atoms with Gasteiger partial charge in [0.15, 0.2) is 0 Å². The van der Waals surface area contributed by atoms with E-state index in [0.717, 1.165) is 22.1 Å². The molecule has 0 aromatic carbocycles. The van der Waals surface area contributed by atoms with Crippen molar-refractivity contribution in [2.24, 2.45) is 0 Å². The Kier molecular flexibility index (Phi) is 7.08. The molecule has 18 heavy (non-hydrogen) atoms. The van der Waals surface area contributed by atoms with Crippen molar-refractivity contribution in [2.45, 2.75) is 32.2 Å². The summed E-state index contributed by atoms with van der Waals surface area (Å²) in [5, 5.41) is 14.3. The Bertz CT molecular complexity index is 371. The van der Waals surface area contributed by atoms with Crippen molar-refractivity contribution in [3.8, 4) is 0 Å². The Labute approximate surface area is 116 Å². The average Bonchev–Trinajstić information content (AvgIpc) is 2.72. The van der Waals surface area contributed by atoms with Crippen LogP contribution < -0.4 is 10.6 Å². The van der Waals surface area contributed by atoms with Gasteiger partial charge >= 0.3 is 6.03 Å². The number of hydrogen-bond acceptors (Lipinski definition) is 3. The molecule has 1 heterocycles. The number of urea groups is 1. The summed E-state index contributed by atoms with van der Waals surface area (Å²) in [6.45, 7) is 2.68. The topological polar surface area (TPSA) is 61.4 Å². The van der Waals surface area contributed by atoms with Crippen LogP contribution in [0, 0.1) is 0 Å². The normalized spacial score (nSPS) is 12.2. The summed E-state index contributed by atoms with van der Waals surface area (Å²) in [5.74, 6) is 0. The van der Waals surface area contributed by atoms with E-state index < -0.39 is 0 Å². The molecular weight excluding hydrogens is 272 g/mol. The zero-order valence-electron chi connectivity index (χ0n) is 10.4. The molecule has 1 rings (SSSR count). The molecule has 2 amide bonds. The number of thiophene rings is 1. The van der Waals surface area contributed by atoms with Crippen molar-refractivity contribution >= 4 is 29.0 Å². The summed E-state index contributed by atoms with van der Waals surface area (Å²) in [4.78, 5) is 12.7. The van der Waals surface area contributed by atoms with Crippen LogP contribution in [0.5, 0.6) is 0 Å². The van der Waals surface area contributed by atoms with Crippen molar-refractivity contribution in [3.63, 3.8) is 0 Å². The highest BCUT2D eigenvalue weighted by Gasteiger charge is 2.06. The molecule has 0 spiro atoms. The second-order valence-electron chi connectivity index (χ2n) is 4.12. The van der Waals surface area contributed by atoms with E-state index in [4.69, 9.17) is 16.7 Å². The lowest BCUT2D eigenvalue weighted by atomic mass is 10.2. The second-order valence-corrected chi connectivity index (χ2v) is 5.92. The third kappa shape index (κ3) is 6.23. The van der Waals surface area contributed by atoms with Gasteiger partial charge in [0, 0.05) is 24.1 Å². The fourth-order valence-electron chi connectivity index (χ4n) is 1.53. The van der Waals surface area contributed by atoms with E-state index in [1.165, 1.54) is 11.3 Å². The Morgan fingerprint density at radius 3 is 2.94 bits per heavy atom. The number of rotatable bonds is 7. The minimum absolute atomic E-state index is 0.0772. The van der Waals surface area contributed by atoms with Gasteiger partial charge in [0.2, 0.25) is 0 Å². The van der Waals surface area contributed by atoms with Crippen LogP contribution in [-0.2, 0) is 6.42 Å². The van der Waals surface area contributed by atoms with E-state index >= 15 is 0 Å². The van der Waals surface area contributed by atoms with Gasteiger partial charge < -0.3 is 15.7 Å². The first kappa shape index (κ1) is 15.3. The highest BCUT2D eigenvalue weighted by Crippen LogP contribution is 2.21. The molecule has 0 saturated carbocycles. The third-order valence-corrected chi connectivity index (χ3v) is 3.75. The molecule has 0 aliphatic rings. The smallest absolute Gasteiger partial charge is 0.315 e. The second kappa shape index (κ2) is 8.34. The molecule has 0 aliphatic carbocycles. The van der Waals surface area contributed by atoms with Gasteiger partial charge in [-0.2, -0.15) is 0 Å². The van der Waals surface area contributed by atoms with E-state index in [1.54, 1.807) is 0 Å². The van der Waals surface area contributed by atoms with Crippen LogP contribution in [0.15, 0.2) is 12.1 Å². The quantitative estimate of drug-likeness (QED) is 0.722. The standard InChI is InChI=1S/C12H19ClN2O2S/c1-9(3-2-8-16)15-12(17)14-7-6-10-4-5-11(13)18-10/h4-5,9,16H,2-3,6-8H2,1H3,(H2,14,15,17). The highest BCUT2D eigenvalue weighted by atomic mass is 35.5. The van der Waals surface area contributed by atoms with Crippen LogP contribution in [-0.4, -0.2) is 30.3 Å². The molecule has 6 heteroatoms. The lowest BCUT2D eigenvalue weighted by Gasteiger charge is -2.13. The zero-order valence-corrected chi connectivity index (χ0v) is 12.0. The number of nitrogens with one attached hydrogen (secondary N) is 2. The number of aliphatic hydroxyl groups excluding tert-OH is 1. The Morgan fingerprint density at radius 2 is 2.33 bits per heavy atom. The SMILES string of the molecule is CC(CCCO)NC(=O)NCCc1ccc(Cl)s1. The van der Waals surface area contributed by atoms with Crippen molar-refractivity contribution in [2.75, 3.05) is 13.2 Å². The molecule has 4 nitrogen and oxygen atoms in total. The van der Waals surface area contributed by atoms with Crippen molar-refractivity contribution < 1.29 is 9.90 Å². The maximum absolute atomic E-state index is 11.5. The number of halogens is 1. The molecule has 0 radical (unpaired) electrons. The zero-order chi connectivity index (χ0) is 13.4. The van der Waals surface area contributed by atoms with Gasteiger partial charge in [-0.1, -0.05) is 11.6 Å². The van der Waals surface area contributed by atoms with Gasteiger partial charge in [0.1, 0.15) is 0 Å². The van der Waals surface area contributed by atoms with Crippen LogP contribution >= 0.6 is 22.9 Å². The van der Waals surface area contributed by atoms with E-state index in [1.807, 2.05) is 19.1 Å². The summed E-state index contributed by atoms with van der Waals surface area (Å²) >= 11 is 7.35. The molecule has 0 fully saturated rings. The van der Waals surface area contributed by atoms with Crippen molar-refractivity contribution in [1.29, 1.82) is 0 Å². The Balaban J connectivity index is 2.13. The molecule has 0 aliphatic heterocycles. The minimum atomic E-state index is -0.164. The molecule has 0 saturated heterocycles. The number of amides is 2. The van der Waals surface area contributed by atoms with Gasteiger partial charge in [0.25, 0.3) is 0 Å². The number of hydrogen-bond donors (Lipinski definition) is 3. The van der Waals surface area contributed by atoms with E-state index in [-0.39, 0.29) is 18.7 Å². The van der Waals surface area contributed by atoms with Crippen LogP contribution in [0.3, 0.4) is 0 Å². The fraction of sp³-hybridized carbons (Fsp3) is 0.583. The summed E-state index contributed by atoms with van der Waals surface area (Å²) in [6, 6.07) is 3.74. The molecular formula is C12H19ClN2O2S. The first-order chi connectivity index (χ1) is 8.61. The van der Waals surface area contributed by atoms with Gasteiger partial charge in [-0.05, 0) is 38.3 Å². The van der Waals surface area contributed by atoms with Crippen LogP contribution in [0.1, 0.15) is 24.6 Å². The first-order valence-corrected chi connectivity index (χ1v) is 7.20. The van der Waals surface area contributed by atoms with E-state index in [0.29, 0.717) is 13.0 Å². The summed E-state index contributed by atoms with van der Waals surface area (Å²) < 4.78 is 0.770. The number of aliphatic hydroxyl groups is 1. The van der Waals surface area contributed by atoms with Crippen molar-refractivity contribution in [3.05, 3.63) is 21.3 Å². The number of carbonyl (C=O) groups excluding carboxylic acids is 1. The van der Waals surface area contributed by atoms with Crippen LogP contribution in [0.2, 0.25) is 4.34 Å².